The van der Waals surface area contributed by atoms with Crippen LogP contribution in [0.3, 0.4) is 0 Å². The zero-order valence-electron chi connectivity index (χ0n) is 17.7. The van der Waals surface area contributed by atoms with Crippen LogP contribution in [-0.2, 0) is 33.2 Å². The van der Waals surface area contributed by atoms with E-state index in [1.54, 1.807) is 30.7 Å². The summed E-state index contributed by atoms with van der Waals surface area (Å²) in [5, 5.41) is 0.0153. The number of piperidine rings is 1. The van der Waals surface area contributed by atoms with E-state index in [2.05, 4.69) is 9.97 Å². The van der Waals surface area contributed by atoms with Gasteiger partial charge in [0.25, 0.3) is 10.0 Å². The standard InChI is InChI=1S/C21H23FN4O5S/c1-14-23-19(11-25(14)2)32(28,29)26-9-7-16(8-10-26)21(27)31-13-18-12-30-20(24-18)15-3-5-17(22)6-4-15/h3-6,11-12,16H,7-10,13H2,1-2H3. The van der Waals surface area contributed by atoms with E-state index in [4.69, 9.17) is 9.15 Å². The number of hydrogen-bond acceptors (Lipinski definition) is 7. The summed E-state index contributed by atoms with van der Waals surface area (Å²) in [4.78, 5) is 20.8. The third-order valence-electron chi connectivity index (χ3n) is 5.48. The van der Waals surface area contributed by atoms with Crippen LogP contribution in [-0.4, -0.2) is 46.3 Å². The van der Waals surface area contributed by atoms with Gasteiger partial charge in [0, 0.05) is 31.9 Å². The number of nitrogens with zero attached hydrogens (tertiary/aromatic N) is 4. The normalized spacial score (nSPS) is 15.7. The number of hydrogen-bond donors (Lipinski definition) is 0. The molecular formula is C21H23FN4O5S. The van der Waals surface area contributed by atoms with Gasteiger partial charge in [0.2, 0.25) is 5.89 Å². The van der Waals surface area contributed by atoms with Gasteiger partial charge in [-0.2, -0.15) is 4.31 Å². The molecule has 0 amide bonds. The summed E-state index contributed by atoms with van der Waals surface area (Å²) in [5.74, 6) is -0.238. The van der Waals surface area contributed by atoms with Crippen LogP contribution in [0.2, 0.25) is 0 Å². The average Bonchev–Trinajstić information content (AvgIpc) is 3.39. The third-order valence-corrected chi connectivity index (χ3v) is 7.25. The summed E-state index contributed by atoms with van der Waals surface area (Å²) in [5.41, 5.74) is 1.05. The zero-order valence-corrected chi connectivity index (χ0v) is 18.5. The first-order chi connectivity index (χ1) is 15.2. The van der Waals surface area contributed by atoms with E-state index in [1.807, 2.05) is 0 Å². The Bertz CT molecular complexity index is 1190. The van der Waals surface area contributed by atoms with Crippen LogP contribution in [0.4, 0.5) is 4.39 Å². The van der Waals surface area contributed by atoms with E-state index in [1.165, 1.54) is 28.9 Å². The smallest absolute Gasteiger partial charge is 0.309 e. The molecule has 0 unspecified atom stereocenters. The molecular weight excluding hydrogens is 439 g/mol. The van der Waals surface area contributed by atoms with E-state index >= 15 is 0 Å². The quantitative estimate of drug-likeness (QED) is 0.518. The highest BCUT2D eigenvalue weighted by molar-refractivity contribution is 7.89. The third kappa shape index (κ3) is 4.58. The molecule has 11 heteroatoms. The number of carbonyl (C=O) groups excluding carboxylic acids is 1. The Morgan fingerprint density at radius 2 is 1.91 bits per heavy atom. The minimum atomic E-state index is -3.69. The molecule has 9 nitrogen and oxygen atoms in total. The predicted octanol–water partition coefficient (Wildman–Crippen LogP) is 2.67. The van der Waals surface area contributed by atoms with Gasteiger partial charge in [0.1, 0.15) is 30.2 Å². The summed E-state index contributed by atoms with van der Waals surface area (Å²) < 4.78 is 52.3. The summed E-state index contributed by atoms with van der Waals surface area (Å²) in [6.07, 6.45) is 3.60. The first-order valence-corrected chi connectivity index (χ1v) is 11.5. The number of sulfonamides is 1. The average molecular weight is 463 g/mol. The van der Waals surface area contributed by atoms with E-state index in [0.29, 0.717) is 35.8 Å². The van der Waals surface area contributed by atoms with Crippen molar-refractivity contribution < 1.29 is 26.8 Å². The van der Waals surface area contributed by atoms with Gasteiger partial charge in [0.15, 0.2) is 5.03 Å². The lowest BCUT2D eigenvalue weighted by molar-refractivity contribution is -0.151. The number of ether oxygens (including phenoxy) is 1. The Kier molecular flexibility index (Phi) is 6.11. The van der Waals surface area contributed by atoms with Gasteiger partial charge in [0.05, 0.1) is 5.92 Å². The Hall–Kier alpha value is -3.05. The second-order valence-electron chi connectivity index (χ2n) is 7.67. The van der Waals surface area contributed by atoms with Crippen LogP contribution in [0.25, 0.3) is 11.5 Å². The highest BCUT2D eigenvalue weighted by atomic mass is 32.2. The molecule has 0 aliphatic carbocycles. The molecule has 1 aromatic carbocycles. The first-order valence-electron chi connectivity index (χ1n) is 10.1. The van der Waals surface area contributed by atoms with Gasteiger partial charge >= 0.3 is 5.97 Å². The minimum Gasteiger partial charge on any atom is -0.459 e. The lowest BCUT2D eigenvalue weighted by Gasteiger charge is -2.29. The number of benzene rings is 1. The molecule has 1 aliphatic heterocycles. The number of carbonyl (C=O) groups is 1. The van der Waals surface area contributed by atoms with Crippen LogP contribution in [0.1, 0.15) is 24.4 Å². The molecule has 0 bridgehead atoms. The van der Waals surface area contributed by atoms with Gasteiger partial charge < -0.3 is 13.7 Å². The van der Waals surface area contributed by atoms with Crippen molar-refractivity contribution in [1.82, 2.24) is 18.8 Å². The molecule has 1 fully saturated rings. The Labute approximate surface area is 184 Å². The molecule has 0 N–H and O–H groups in total. The van der Waals surface area contributed by atoms with Gasteiger partial charge in [-0.3, -0.25) is 4.79 Å². The van der Waals surface area contributed by atoms with Crippen molar-refractivity contribution in [3.8, 4) is 11.5 Å². The molecule has 3 aromatic rings. The van der Waals surface area contributed by atoms with E-state index < -0.39 is 21.9 Å². The van der Waals surface area contributed by atoms with Crippen molar-refractivity contribution in [2.24, 2.45) is 13.0 Å². The molecule has 2 aromatic heterocycles. The number of imidazole rings is 1. The maximum atomic E-state index is 13.0. The fraction of sp³-hybridized carbons (Fsp3) is 0.381. The predicted molar refractivity (Wildman–Crippen MR) is 111 cm³/mol. The van der Waals surface area contributed by atoms with Crippen molar-refractivity contribution in [2.45, 2.75) is 31.4 Å². The lowest BCUT2D eigenvalue weighted by atomic mass is 9.98. The van der Waals surface area contributed by atoms with Crippen LogP contribution in [0.15, 0.2) is 46.2 Å². The number of aromatic nitrogens is 3. The van der Waals surface area contributed by atoms with Gasteiger partial charge in [-0.25, -0.2) is 22.8 Å². The van der Waals surface area contributed by atoms with Gasteiger partial charge in [-0.1, -0.05) is 0 Å². The van der Waals surface area contributed by atoms with E-state index in [9.17, 15) is 17.6 Å². The SMILES string of the molecule is Cc1nc(S(=O)(=O)N2CCC(C(=O)OCc3coc(-c4ccc(F)cc4)n3)CC2)cn1C. The topological polar surface area (TPSA) is 108 Å². The van der Waals surface area contributed by atoms with Crippen molar-refractivity contribution in [3.05, 3.63) is 54.1 Å². The molecule has 1 saturated heterocycles. The molecule has 0 spiro atoms. The number of esters is 1. The number of aryl methyl sites for hydroxylation is 2. The molecule has 4 rings (SSSR count). The molecule has 0 radical (unpaired) electrons. The molecule has 0 atom stereocenters. The van der Waals surface area contributed by atoms with Crippen molar-refractivity contribution in [3.63, 3.8) is 0 Å². The van der Waals surface area contributed by atoms with Crippen LogP contribution < -0.4 is 0 Å². The summed E-state index contributed by atoms with van der Waals surface area (Å²) in [6, 6.07) is 5.71. The van der Waals surface area contributed by atoms with Crippen LogP contribution in [0.5, 0.6) is 0 Å². The van der Waals surface area contributed by atoms with Crippen LogP contribution >= 0.6 is 0 Å². The van der Waals surface area contributed by atoms with Crippen molar-refractivity contribution in [2.75, 3.05) is 13.1 Å². The highest BCUT2D eigenvalue weighted by Gasteiger charge is 2.34. The van der Waals surface area contributed by atoms with Crippen molar-refractivity contribution in [1.29, 1.82) is 0 Å². The monoisotopic (exact) mass is 462 g/mol. The lowest BCUT2D eigenvalue weighted by Crippen LogP contribution is -2.40. The summed E-state index contributed by atoms with van der Waals surface area (Å²) in [7, 11) is -1.95. The van der Waals surface area contributed by atoms with E-state index in [0.717, 1.165) is 0 Å². The molecule has 3 heterocycles. The summed E-state index contributed by atoms with van der Waals surface area (Å²) >= 11 is 0. The summed E-state index contributed by atoms with van der Waals surface area (Å²) in [6.45, 7) is 2.11. The number of oxazole rings is 1. The van der Waals surface area contributed by atoms with Gasteiger partial charge in [-0.15, -0.1) is 0 Å². The zero-order chi connectivity index (χ0) is 22.9. The second-order valence-corrected chi connectivity index (χ2v) is 9.56. The number of halogens is 1. The fourth-order valence-corrected chi connectivity index (χ4v) is 4.97. The molecule has 0 saturated carbocycles. The van der Waals surface area contributed by atoms with Gasteiger partial charge in [-0.05, 0) is 44.0 Å². The molecule has 1 aliphatic rings. The maximum absolute atomic E-state index is 13.0. The first kappa shape index (κ1) is 22.2. The molecule has 170 valence electrons. The second kappa shape index (κ2) is 8.83. The Morgan fingerprint density at radius 1 is 1.22 bits per heavy atom. The fourth-order valence-electron chi connectivity index (χ4n) is 3.48. The largest absolute Gasteiger partial charge is 0.459 e. The minimum absolute atomic E-state index is 0.0153. The maximum Gasteiger partial charge on any atom is 0.309 e. The van der Waals surface area contributed by atoms with Crippen molar-refractivity contribution >= 4 is 16.0 Å². The Balaban J connectivity index is 1.30. The van der Waals surface area contributed by atoms with E-state index in [-0.39, 0.29) is 30.5 Å². The highest BCUT2D eigenvalue weighted by Crippen LogP contribution is 2.25. The van der Waals surface area contributed by atoms with Crippen LogP contribution in [0, 0.1) is 18.7 Å². The Morgan fingerprint density at radius 3 is 2.53 bits per heavy atom. The molecule has 32 heavy (non-hydrogen) atoms. The number of rotatable bonds is 6.